The maximum Gasteiger partial charge on any atom is 0.269 e. The number of nitrogens with zero attached hydrogens (tertiary/aromatic N) is 1. The van der Waals surface area contributed by atoms with Crippen molar-refractivity contribution in [2.75, 3.05) is 0 Å². The summed E-state index contributed by atoms with van der Waals surface area (Å²) < 4.78 is 26.3. The first-order chi connectivity index (χ1) is 9.56. The van der Waals surface area contributed by atoms with Gasteiger partial charge in [-0.05, 0) is 23.8 Å². The molecule has 2 aromatic rings. The van der Waals surface area contributed by atoms with Gasteiger partial charge >= 0.3 is 0 Å². The molecule has 0 bridgehead atoms. The van der Waals surface area contributed by atoms with Crippen molar-refractivity contribution in [2.24, 2.45) is 0 Å². The molecule has 0 heterocycles. The highest BCUT2D eigenvalue weighted by molar-refractivity contribution is 5.34. The van der Waals surface area contributed by atoms with E-state index in [1.54, 1.807) is 12.1 Å². The summed E-state index contributed by atoms with van der Waals surface area (Å²) in [5.41, 5.74) is 0.924. The fraction of sp³-hybridized carbons (Fsp3) is 0.143. The smallest absolute Gasteiger partial charge is 0.269 e. The van der Waals surface area contributed by atoms with E-state index in [0.717, 1.165) is 18.2 Å². The Labute approximate surface area is 114 Å². The molecular formula is C14H12F2N2O2. The zero-order chi connectivity index (χ0) is 14.5. The fourth-order valence-electron chi connectivity index (χ4n) is 1.80. The van der Waals surface area contributed by atoms with Gasteiger partial charge in [-0.2, -0.15) is 0 Å². The van der Waals surface area contributed by atoms with Gasteiger partial charge in [0.2, 0.25) is 0 Å². The highest BCUT2D eigenvalue weighted by Crippen LogP contribution is 2.13. The number of hydrogen-bond acceptors (Lipinski definition) is 3. The second-order valence-corrected chi connectivity index (χ2v) is 4.27. The van der Waals surface area contributed by atoms with Crippen LogP contribution in [0.1, 0.15) is 11.1 Å². The predicted octanol–water partition coefficient (Wildman–Crippen LogP) is 3.16. The van der Waals surface area contributed by atoms with Crippen LogP contribution in [0.25, 0.3) is 0 Å². The third-order valence-corrected chi connectivity index (χ3v) is 2.77. The Balaban J connectivity index is 1.97. The van der Waals surface area contributed by atoms with Gasteiger partial charge in [-0.1, -0.05) is 12.1 Å². The molecule has 0 amide bonds. The third kappa shape index (κ3) is 3.58. The molecular weight excluding hydrogens is 266 g/mol. The number of hydrogen-bond donors (Lipinski definition) is 1. The van der Waals surface area contributed by atoms with Gasteiger partial charge < -0.3 is 5.32 Å². The molecule has 0 unspecified atom stereocenters. The molecule has 4 nitrogen and oxygen atoms in total. The van der Waals surface area contributed by atoms with Crippen molar-refractivity contribution in [3.05, 3.63) is 75.3 Å². The first-order valence-electron chi connectivity index (χ1n) is 5.94. The molecule has 0 aliphatic heterocycles. The highest BCUT2D eigenvalue weighted by Gasteiger charge is 2.06. The van der Waals surface area contributed by atoms with Crippen LogP contribution in [0.2, 0.25) is 0 Å². The average Bonchev–Trinajstić information content (AvgIpc) is 2.43. The summed E-state index contributed by atoms with van der Waals surface area (Å²) >= 11 is 0. The van der Waals surface area contributed by atoms with Crippen LogP contribution in [0.15, 0.2) is 42.5 Å². The van der Waals surface area contributed by atoms with Gasteiger partial charge in [-0.25, -0.2) is 8.78 Å². The van der Waals surface area contributed by atoms with Crippen molar-refractivity contribution < 1.29 is 13.7 Å². The summed E-state index contributed by atoms with van der Waals surface area (Å²) in [5, 5.41) is 13.5. The molecule has 0 radical (unpaired) electrons. The summed E-state index contributed by atoms with van der Waals surface area (Å²) in [6.07, 6.45) is 0. The molecule has 0 saturated heterocycles. The Morgan fingerprint density at radius 3 is 2.65 bits per heavy atom. The lowest BCUT2D eigenvalue weighted by molar-refractivity contribution is -0.384. The monoisotopic (exact) mass is 278 g/mol. The largest absolute Gasteiger partial charge is 0.309 e. The van der Waals surface area contributed by atoms with Crippen LogP contribution in [0.4, 0.5) is 14.5 Å². The lowest BCUT2D eigenvalue weighted by Crippen LogP contribution is -2.14. The quantitative estimate of drug-likeness (QED) is 0.675. The van der Waals surface area contributed by atoms with E-state index in [1.807, 2.05) is 0 Å². The molecule has 0 spiro atoms. The summed E-state index contributed by atoms with van der Waals surface area (Å²) in [7, 11) is 0. The molecule has 0 atom stereocenters. The van der Waals surface area contributed by atoms with Gasteiger partial charge in [0.15, 0.2) is 0 Å². The summed E-state index contributed by atoms with van der Waals surface area (Å²) in [4.78, 5) is 10.1. The van der Waals surface area contributed by atoms with Crippen LogP contribution in [0.5, 0.6) is 0 Å². The van der Waals surface area contributed by atoms with Crippen LogP contribution in [-0.4, -0.2) is 4.92 Å². The first-order valence-corrected chi connectivity index (χ1v) is 5.94. The Hall–Kier alpha value is -2.34. The predicted molar refractivity (Wildman–Crippen MR) is 70.0 cm³/mol. The van der Waals surface area contributed by atoms with Gasteiger partial charge in [0.1, 0.15) is 11.6 Å². The molecule has 1 N–H and O–H groups in total. The van der Waals surface area contributed by atoms with Gasteiger partial charge in [0.25, 0.3) is 5.69 Å². The number of nitro benzene ring substituents is 1. The van der Waals surface area contributed by atoms with E-state index in [-0.39, 0.29) is 17.8 Å². The minimum absolute atomic E-state index is 0.00114. The molecule has 6 heteroatoms. The summed E-state index contributed by atoms with van der Waals surface area (Å²) in [5.74, 6) is -0.989. The van der Waals surface area contributed by atoms with Gasteiger partial charge in [-0.15, -0.1) is 0 Å². The lowest BCUT2D eigenvalue weighted by Gasteiger charge is -2.06. The topological polar surface area (TPSA) is 55.2 Å². The van der Waals surface area contributed by atoms with E-state index < -0.39 is 16.6 Å². The number of non-ortho nitro benzene ring substituents is 1. The van der Waals surface area contributed by atoms with E-state index in [1.165, 1.54) is 12.1 Å². The molecule has 0 fully saturated rings. The normalized spacial score (nSPS) is 10.5. The Kier molecular flexibility index (Phi) is 4.37. The lowest BCUT2D eigenvalue weighted by atomic mass is 10.1. The van der Waals surface area contributed by atoms with Crippen LogP contribution in [0.3, 0.4) is 0 Å². The third-order valence-electron chi connectivity index (χ3n) is 2.77. The molecule has 0 aliphatic carbocycles. The Morgan fingerprint density at radius 2 is 1.90 bits per heavy atom. The van der Waals surface area contributed by atoms with Crippen molar-refractivity contribution in [3.8, 4) is 0 Å². The van der Waals surface area contributed by atoms with Crippen molar-refractivity contribution in [1.82, 2.24) is 5.32 Å². The van der Waals surface area contributed by atoms with Gasteiger partial charge in [0, 0.05) is 30.8 Å². The number of rotatable bonds is 5. The minimum Gasteiger partial charge on any atom is -0.309 e. The van der Waals surface area contributed by atoms with Crippen molar-refractivity contribution in [3.63, 3.8) is 0 Å². The molecule has 2 aromatic carbocycles. The van der Waals surface area contributed by atoms with Crippen molar-refractivity contribution in [1.29, 1.82) is 0 Å². The minimum atomic E-state index is -0.501. The zero-order valence-electron chi connectivity index (χ0n) is 10.5. The van der Waals surface area contributed by atoms with Crippen LogP contribution >= 0.6 is 0 Å². The second kappa shape index (κ2) is 6.21. The number of nitro groups is 1. The van der Waals surface area contributed by atoms with Gasteiger partial charge in [0.05, 0.1) is 4.92 Å². The maximum absolute atomic E-state index is 13.4. The van der Waals surface area contributed by atoms with Crippen LogP contribution in [-0.2, 0) is 13.1 Å². The van der Waals surface area contributed by atoms with E-state index in [0.29, 0.717) is 12.1 Å². The summed E-state index contributed by atoms with van der Waals surface area (Å²) in [6.45, 7) is 0.476. The Morgan fingerprint density at radius 1 is 1.10 bits per heavy atom. The zero-order valence-corrected chi connectivity index (χ0v) is 10.5. The Bertz CT molecular complexity index is 632. The van der Waals surface area contributed by atoms with E-state index in [4.69, 9.17) is 0 Å². The number of halogens is 2. The van der Waals surface area contributed by atoms with Crippen molar-refractivity contribution >= 4 is 5.69 Å². The maximum atomic E-state index is 13.4. The molecule has 20 heavy (non-hydrogen) atoms. The van der Waals surface area contributed by atoms with E-state index >= 15 is 0 Å². The van der Waals surface area contributed by atoms with Crippen molar-refractivity contribution in [2.45, 2.75) is 13.1 Å². The summed E-state index contributed by atoms with van der Waals surface area (Å²) in [6, 6.07) is 9.39. The van der Waals surface area contributed by atoms with Crippen LogP contribution < -0.4 is 5.32 Å². The first kappa shape index (κ1) is 14.1. The average molecular weight is 278 g/mol. The van der Waals surface area contributed by atoms with E-state index in [2.05, 4.69) is 5.32 Å². The van der Waals surface area contributed by atoms with Gasteiger partial charge in [-0.3, -0.25) is 10.1 Å². The highest BCUT2D eigenvalue weighted by atomic mass is 19.1. The second-order valence-electron chi connectivity index (χ2n) is 4.27. The molecule has 2 rings (SSSR count). The molecule has 0 aliphatic rings. The molecule has 0 aromatic heterocycles. The number of nitrogens with one attached hydrogen (secondary N) is 1. The fourth-order valence-corrected chi connectivity index (χ4v) is 1.80. The standard InChI is InChI=1S/C14H12F2N2O2/c15-12-4-5-14(16)11(7-12)9-17-8-10-2-1-3-13(6-10)18(19)20/h1-7,17H,8-9H2. The molecule has 0 saturated carbocycles. The van der Waals surface area contributed by atoms with Crippen LogP contribution in [0, 0.1) is 21.7 Å². The number of benzene rings is 2. The SMILES string of the molecule is O=[N+]([O-])c1cccc(CNCc2cc(F)ccc2F)c1. The van der Waals surface area contributed by atoms with E-state index in [9.17, 15) is 18.9 Å². The molecule has 104 valence electrons.